The number of amides is 1. The smallest absolute Gasteiger partial charge is 0.278 e. The number of nitrogens with one attached hydrogen (secondary N) is 1. The van der Waals surface area contributed by atoms with Gasteiger partial charge in [0.2, 0.25) is 5.91 Å². The summed E-state index contributed by atoms with van der Waals surface area (Å²) in [6.45, 7) is 0.495. The van der Waals surface area contributed by atoms with Gasteiger partial charge in [-0.1, -0.05) is 24.3 Å². The Hall–Kier alpha value is -2.67. The average molecular weight is 383 g/mol. The van der Waals surface area contributed by atoms with Gasteiger partial charge >= 0.3 is 0 Å². The molecule has 1 aromatic heterocycles. The first-order valence-corrected chi connectivity index (χ1v) is 9.73. The van der Waals surface area contributed by atoms with Crippen LogP contribution in [-0.2, 0) is 22.6 Å². The summed E-state index contributed by atoms with van der Waals surface area (Å²) in [6.07, 6.45) is 6.86. The predicted octanol–water partition coefficient (Wildman–Crippen LogP) is 2.43. The third-order valence-electron chi connectivity index (χ3n) is 5.38. The van der Waals surface area contributed by atoms with E-state index in [1.807, 2.05) is 12.1 Å². The van der Waals surface area contributed by atoms with Crippen molar-refractivity contribution >= 4 is 5.91 Å². The molecule has 7 nitrogen and oxygen atoms in total. The summed E-state index contributed by atoms with van der Waals surface area (Å²) in [5.74, 6) is 0.800. The van der Waals surface area contributed by atoms with Crippen molar-refractivity contribution in [3.63, 3.8) is 0 Å². The first-order chi connectivity index (χ1) is 13.7. The Bertz CT molecular complexity index is 821. The summed E-state index contributed by atoms with van der Waals surface area (Å²) >= 11 is 0. The second-order valence-electron chi connectivity index (χ2n) is 7.24. The molecule has 1 atom stereocenters. The maximum atomic E-state index is 12.6. The highest BCUT2D eigenvalue weighted by Gasteiger charge is 2.29. The van der Waals surface area contributed by atoms with Crippen LogP contribution in [0.1, 0.15) is 36.8 Å². The molecule has 7 heteroatoms. The summed E-state index contributed by atoms with van der Waals surface area (Å²) in [4.78, 5) is 20.9. The van der Waals surface area contributed by atoms with E-state index in [4.69, 9.17) is 14.2 Å². The topological polar surface area (TPSA) is 82.6 Å². The van der Waals surface area contributed by atoms with Crippen molar-refractivity contribution in [1.29, 1.82) is 0 Å². The Kier molecular flexibility index (Phi) is 5.71. The van der Waals surface area contributed by atoms with Crippen molar-refractivity contribution in [2.24, 2.45) is 0 Å². The Morgan fingerprint density at radius 3 is 2.54 bits per heavy atom. The highest BCUT2D eigenvalue weighted by atomic mass is 16.5. The Morgan fingerprint density at radius 1 is 1.07 bits per heavy atom. The van der Waals surface area contributed by atoms with Crippen LogP contribution in [0.25, 0.3) is 0 Å². The lowest BCUT2D eigenvalue weighted by atomic mass is 9.92. The van der Waals surface area contributed by atoms with Crippen LogP contribution < -0.4 is 14.8 Å². The second-order valence-corrected chi connectivity index (χ2v) is 7.24. The monoisotopic (exact) mass is 383 g/mol. The molecule has 2 heterocycles. The summed E-state index contributed by atoms with van der Waals surface area (Å²) in [6, 6.07) is 8.28. The largest absolute Gasteiger partial charge is 0.477 e. The van der Waals surface area contributed by atoms with Crippen molar-refractivity contribution in [3.05, 3.63) is 47.8 Å². The van der Waals surface area contributed by atoms with Crippen LogP contribution in [0.5, 0.6) is 11.8 Å². The molecule has 1 unspecified atom stereocenters. The number of fused-ring (bicyclic) bond motifs is 1. The lowest BCUT2D eigenvalue weighted by Crippen LogP contribution is -2.46. The molecule has 1 fully saturated rings. The predicted molar refractivity (Wildman–Crippen MR) is 102 cm³/mol. The Morgan fingerprint density at radius 2 is 1.79 bits per heavy atom. The SMILES string of the molecule is COc1nccnc1OC1CCC(NC(=O)C2Cc3ccccc3CO2)CC1. The van der Waals surface area contributed by atoms with Gasteiger partial charge in [0.25, 0.3) is 11.8 Å². The molecular weight excluding hydrogens is 358 g/mol. The number of aromatic nitrogens is 2. The van der Waals surface area contributed by atoms with E-state index in [0.717, 1.165) is 25.7 Å². The van der Waals surface area contributed by atoms with E-state index in [1.165, 1.54) is 11.1 Å². The van der Waals surface area contributed by atoms with Crippen molar-refractivity contribution in [3.8, 4) is 11.8 Å². The fourth-order valence-electron chi connectivity index (χ4n) is 3.83. The minimum Gasteiger partial charge on any atom is -0.477 e. The minimum absolute atomic E-state index is 0.0190. The van der Waals surface area contributed by atoms with E-state index >= 15 is 0 Å². The van der Waals surface area contributed by atoms with Crippen LogP contribution >= 0.6 is 0 Å². The van der Waals surface area contributed by atoms with Gasteiger partial charge in [0.05, 0.1) is 13.7 Å². The molecule has 28 heavy (non-hydrogen) atoms. The summed E-state index contributed by atoms with van der Waals surface area (Å²) in [5.41, 5.74) is 2.37. The lowest BCUT2D eigenvalue weighted by molar-refractivity contribution is -0.135. The molecule has 0 spiro atoms. The number of ether oxygens (including phenoxy) is 3. The molecule has 2 aliphatic rings. The minimum atomic E-state index is -0.410. The van der Waals surface area contributed by atoms with Gasteiger partial charge in [-0.15, -0.1) is 0 Å². The average Bonchev–Trinajstić information content (AvgIpc) is 2.75. The maximum absolute atomic E-state index is 12.6. The van der Waals surface area contributed by atoms with Gasteiger partial charge in [-0.05, 0) is 36.8 Å². The van der Waals surface area contributed by atoms with E-state index in [9.17, 15) is 4.79 Å². The van der Waals surface area contributed by atoms with E-state index in [0.29, 0.717) is 24.8 Å². The van der Waals surface area contributed by atoms with Gasteiger partial charge in [-0.2, -0.15) is 0 Å². The van der Waals surface area contributed by atoms with Crippen LogP contribution in [0.15, 0.2) is 36.7 Å². The van der Waals surface area contributed by atoms with Gasteiger partial charge < -0.3 is 19.5 Å². The summed E-state index contributed by atoms with van der Waals surface area (Å²) in [5, 5.41) is 3.15. The van der Waals surface area contributed by atoms with Crippen LogP contribution in [0, 0.1) is 0 Å². The molecule has 148 valence electrons. The van der Waals surface area contributed by atoms with Crippen LogP contribution in [0.2, 0.25) is 0 Å². The van der Waals surface area contributed by atoms with E-state index < -0.39 is 6.10 Å². The first kappa shape index (κ1) is 18.7. The number of nitrogens with zero attached hydrogens (tertiary/aromatic N) is 2. The number of carbonyl (C=O) groups excluding carboxylic acids is 1. The molecule has 0 bridgehead atoms. The Balaban J connectivity index is 1.26. The van der Waals surface area contributed by atoms with Gasteiger partial charge in [0, 0.05) is 24.9 Å². The molecule has 1 amide bonds. The third kappa shape index (κ3) is 4.25. The normalized spacial score (nSPS) is 24.1. The van der Waals surface area contributed by atoms with Gasteiger partial charge in [0.1, 0.15) is 12.2 Å². The van der Waals surface area contributed by atoms with Crippen molar-refractivity contribution < 1.29 is 19.0 Å². The lowest BCUT2D eigenvalue weighted by Gasteiger charge is -2.31. The number of rotatable bonds is 5. The quantitative estimate of drug-likeness (QED) is 0.854. The van der Waals surface area contributed by atoms with Gasteiger partial charge in [0.15, 0.2) is 0 Å². The molecule has 1 saturated carbocycles. The molecular formula is C21H25N3O4. The highest BCUT2D eigenvalue weighted by Crippen LogP contribution is 2.27. The number of methoxy groups -OCH3 is 1. The molecule has 1 aliphatic carbocycles. The molecule has 2 aromatic rings. The van der Waals surface area contributed by atoms with E-state index in [2.05, 4.69) is 27.4 Å². The fraction of sp³-hybridized carbons (Fsp3) is 0.476. The second kappa shape index (κ2) is 8.56. The van der Waals surface area contributed by atoms with Crippen LogP contribution in [0.4, 0.5) is 0 Å². The number of carbonyl (C=O) groups is 1. The van der Waals surface area contributed by atoms with E-state index in [1.54, 1.807) is 19.5 Å². The van der Waals surface area contributed by atoms with E-state index in [-0.39, 0.29) is 18.1 Å². The first-order valence-electron chi connectivity index (χ1n) is 9.73. The Labute approximate surface area is 164 Å². The molecule has 1 aliphatic heterocycles. The third-order valence-corrected chi connectivity index (χ3v) is 5.38. The van der Waals surface area contributed by atoms with Crippen LogP contribution in [0.3, 0.4) is 0 Å². The van der Waals surface area contributed by atoms with Crippen molar-refractivity contribution in [2.75, 3.05) is 7.11 Å². The van der Waals surface area contributed by atoms with Gasteiger partial charge in [-0.3, -0.25) is 4.79 Å². The molecule has 4 rings (SSSR count). The fourth-order valence-corrected chi connectivity index (χ4v) is 3.83. The van der Waals surface area contributed by atoms with Crippen LogP contribution in [-0.4, -0.2) is 41.2 Å². The van der Waals surface area contributed by atoms with Gasteiger partial charge in [-0.25, -0.2) is 9.97 Å². The molecule has 1 N–H and O–H groups in total. The zero-order valence-corrected chi connectivity index (χ0v) is 16.0. The zero-order chi connectivity index (χ0) is 19.3. The summed E-state index contributed by atoms with van der Waals surface area (Å²) < 4.78 is 16.9. The number of hydrogen-bond acceptors (Lipinski definition) is 6. The number of hydrogen-bond donors (Lipinski definition) is 1. The highest BCUT2D eigenvalue weighted by molar-refractivity contribution is 5.81. The molecule has 0 saturated heterocycles. The molecule has 1 aromatic carbocycles. The zero-order valence-electron chi connectivity index (χ0n) is 16.0. The van der Waals surface area contributed by atoms with Crippen molar-refractivity contribution in [2.45, 2.75) is 57.0 Å². The summed E-state index contributed by atoms with van der Waals surface area (Å²) in [7, 11) is 1.55. The molecule has 0 radical (unpaired) electrons. The number of benzene rings is 1. The standard InChI is InChI=1S/C21H25N3O4/c1-26-20-21(23-11-10-22-20)28-17-8-6-16(7-9-17)24-19(25)18-12-14-4-2-3-5-15(14)13-27-18/h2-5,10-11,16-18H,6-9,12-13H2,1H3,(H,24,25). The maximum Gasteiger partial charge on any atom is 0.278 e. The van der Waals surface area contributed by atoms with Crippen molar-refractivity contribution in [1.82, 2.24) is 15.3 Å².